The van der Waals surface area contributed by atoms with Crippen molar-refractivity contribution >= 4 is 11.6 Å². The maximum atomic E-state index is 13.2. The van der Waals surface area contributed by atoms with Crippen molar-refractivity contribution in [2.24, 2.45) is 5.73 Å². The van der Waals surface area contributed by atoms with Crippen molar-refractivity contribution in [1.82, 2.24) is 9.97 Å². The summed E-state index contributed by atoms with van der Waals surface area (Å²) in [6.07, 6.45) is 4.57. The highest BCUT2D eigenvalue weighted by atomic mass is 35.5. The van der Waals surface area contributed by atoms with E-state index < -0.39 is 11.9 Å². The van der Waals surface area contributed by atoms with Crippen molar-refractivity contribution in [1.29, 1.82) is 0 Å². The molecule has 0 radical (unpaired) electrons. The molecule has 1 atom stereocenters. The normalized spacial score (nSPS) is 12.4. The molecule has 0 bridgehead atoms. The van der Waals surface area contributed by atoms with Crippen LogP contribution in [0.5, 0.6) is 0 Å². The minimum atomic E-state index is -0.524. The van der Waals surface area contributed by atoms with E-state index in [0.29, 0.717) is 11.1 Å². The molecule has 0 fully saturated rings. The Bertz CT molecular complexity index is 490. The predicted molar refractivity (Wildman–Crippen MR) is 59.5 cm³/mol. The van der Waals surface area contributed by atoms with Gasteiger partial charge in [-0.15, -0.1) is 0 Å². The third-order valence-electron chi connectivity index (χ3n) is 2.26. The van der Waals surface area contributed by atoms with E-state index in [1.54, 1.807) is 24.5 Å². The lowest BCUT2D eigenvalue weighted by Gasteiger charge is -2.13. The van der Waals surface area contributed by atoms with Crippen LogP contribution in [0.25, 0.3) is 0 Å². The second-order valence-electron chi connectivity index (χ2n) is 3.29. The first-order valence-corrected chi connectivity index (χ1v) is 5.02. The highest BCUT2D eigenvalue weighted by molar-refractivity contribution is 6.31. The monoisotopic (exact) mass is 237 g/mol. The molecule has 3 nitrogen and oxygen atoms in total. The third-order valence-corrected chi connectivity index (χ3v) is 2.65. The van der Waals surface area contributed by atoms with Gasteiger partial charge in [0.15, 0.2) is 0 Å². The van der Waals surface area contributed by atoms with E-state index in [-0.39, 0.29) is 5.02 Å². The SMILES string of the molecule is NC(c1cncnc1)c1cccc(F)c1Cl. The van der Waals surface area contributed by atoms with E-state index in [9.17, 15) is 4.39 Å². The molecule has 16 heavy (non-hydrogen) atoms. The van der Waals surface area contributed by atoms with Gasteiger partial charge < -0.3 is 5.73 Å². The summed E-state index contributed by atoms with van der Waals surface area (Å²) in [6.45, 7) is 0. The molecule has 1 aromatic heterocycles. The molecule has 0 saturated carbocycles. The van der Waals surface area contributed by atoms with Gasteiger partial charge in [-0.3, -0.25) is 0 Å². The molecule has 0 aliphatic rings. The Morgan fingerprint density at radius 2 is 1.94 bits per heavy atom. The van der Waals surface area contributed by atoms with Gasteiger partial charge in [0.25, 0.3) is 0 Å². The fourth-order valence-corrected chi connectivity index (χ4v) is 1.65. The minimum Gasteiger partial charge on any atom is -0.320 e. The first kappa shape index (κ1) is 11.0. The second kappa shape index (κ2) is 4.55. The number of rotatable bonds is 2. The summed E-state index contributed by atoms with van der Waals surface area (Å²) in [7, 11) is 0. The third kappa shape index (κ3) is 2.03. The number of nitrogens with two attached hydrogens (primary N) is 1. The standard InChI is InChI=1S/C11H9ClFN3/c12-10-8(2-1-3-9(10)13)11(14)7-4-15-6-16-5-7/h1-6,11H,14H2. The number of hydrogen-bond acceptors (Lipinski definition) is 3. The van der Waals surface area contributed by atoms with E-state index in [2.05, 4.69) is 9.97 Å². The molecule has 0 aliphatic heterocycles. The highest BCUT2D eigenvalue weighted by Gasteiger charge is 2.15. The number of halogens is 2. The van der Waals surface area contributed by atoms with Crippen LogP contribution < -0.4 is 5.73 Å². The molecular formula is C11H9ClFN3. The Kier molecular flexibility index (Phi) is 3.12. The first-order valence-electron chi connectivity index (χ1n) is 4.64. The van der Waals surface area contributed by atoms with Crippen molar-refractivity contribution in [3.05, 3.63) is 58.9 Å². The number of benzene rings is 1. The van der Waals surface area contributed by atoms with Crippen molar-refractivity contribution < 1.29 is 4.39 Å². The number of hydrogen-bond donors (Lipinski definition) is 1. The van der Waals surface area contributed by atoms with Crippen molar-refractivity contribution in [2.45, 2.75) is 6.04 Å². The van der Waals surface area contributed by atoms with Gasteiger partial charge in [0.2, 0.25) is 0 Å². The van der Waals surface area contributed by atoms with Gasteiger partial charge in [0.1, 0.15) is 12.1 Å². The summed E-state index contributed by atoms with van der Waals surface area (Å²) in [5.74, 6) is -0.480. The van der Waals surface area contributed by atoms with Gasteiger partial charge >= 0.3 is 0 Å². The maximum Gasteiger partial charge on any atom is 0.142 e. The smallest absolute Gasteiger partial charge is 0.142 e. The molecule has 5 heteroatoms. The van der Waals surface area contributed by atoms with Gasteiger partial charge in [0.05, 0.1) is 11.1 Å². The van der Waals surface area contributed by atoms with E-state index in [4.69, 9.17) is 17.3 Å². The Morgan fingerprint density at radius 1 is 1.25 bits per heavy atom. The van der Waals surface area contributed by atoms with Crippen LogP contribution in [-0.4, -0.2) is 9.97 Å². The van der Waals surface area contributed by atoms with Crippen LogP contribution in [0.2, 0.25) is 5.02 Å². The molecule has 1 aromatic carbocycles. The van der Waals surface area contributed by atoms with Crippen LogP contribution in [0.1, 0.15) is 17.2 Å². The Morgan fingerprint density at radius 3 is 2.62 bits per heavy atom. The molecule has 2 N–H and O–H groups in total. The van der Waals surface area contributed by atoms with Gasteiger partial charge in [-0.1, -0.05) is 23.7 Å². The summed E-state index contributed by atoms with van der Waals surface area (Å²) < 4.78 is 13.2. The Hall–Kier alpha value is -1.52. The van der Waals surface area contributed by atoms with Crippen LogP contribution in [0, 0.1) is 5.82 Å². The van der Waals surface area contributed by atoms with Gasteiger partial charge in [-0.2, -0.15) is 0 Å². The summed E-state index contributed by atoms with van der Waals surface area (Å²) in [6, 6.07) is 4.02. The van der Waals surface area contributed by atoms with Crippen molar-refractivity contribution in [3.8, 4) is 0 Å². The van der Waals surface area contributed by atoms with E-state index in [0.717, 1.165) is 0 Å². The van der Waals surface area contributed by atoms with Gasteiger partial charge in [-0.05, 0) is 11.6 Å². The topological polar surface area (TPSA) is 51.8 Å². The average molecular weight is 238 g/mol. The Balaban J connectivity index is 2.42. The van der Waals surface area contributed by atoms with Gasteiger partial charge in [-0.25, -0.2) is 14.4 Å². The molecule has 0 spiro atoms. The average Bonchev–Trinajstić information content (AvgIpc) is 2.33. The molecule has 1 unspecified atom stereocenters. The van der Waals surface area contributed by atoms with E-state index in [1.807, 2.05) is 0 Å². The predicted octanol–water partition coefficient (Wildman–Crippen LogP) is 2.32. The highest BCUT2D eigenvalue weighted by Crippen LogP contribution is 2.27. The summed E-state index contributed by atoms with van der Waals surface area (Å²) >= 11 is 5.84. The molecule has 2 rings (SSSR count). The van der Waals surface area contributed by atoms with Gasteiger partial charge in [0, 0.05) is 18.0 Å². The summed E-state index contributed by atoms with van der Waals surface area (Å²) in [4.78, 5) is 7.71. The fraction of sp³-hybridized carbons (Fsp3) is 0.0909. The van der Waals surface area contributed by atoms with E-state index >= 15 is 0 Å². The van der Waals surface area contributed by atoms with Crippen molar-refractivity contribution in [3.63, 3.8) is 0 Å². The van der Waals surface area contributed by atoms with Crippen LogP contribution in [0.4, 0.5) is 4.39 Å². The Labute approximate surface area is 97.1 Å². The van der Waals surface area contributed by atoms with Crippen LogP contribution in [0.3, 0.4) is 0 Å². The largest absolute Gasteiger partial charge is 0.320 e. The number of aromatic nitrogens is 2. The minimum absolute atomic E-state index is 0.0406. The van der Waals surface area contributed by atoms with Crippen LogP contribution in [-0.2, 0) is 0 Å². The zero-order valence-corrected chi connectivity index (χ0v) is 9.03. The zero-order valence-electron chi connectivity index (χ0n) is 8.27. The van der Waals surface area contributed by atoms with E-state index in [1.165, 1.54) is 12.4 Å². The summed E-state index contributed by atoms with van der Waals surface area (Å²) in [5, 5.41) is 0.0406. The quantitative estimate of drug-likeness (QED) is 0.872. The maximum absolute atomic E-state index is 13.2. The number of nitrogens with zero attached hydrogens (tertiary/aromatic N) is 2. The molecule has 82 valence electrons. The molecule has 1 heterocycles. The van der Waals surface area contributed by atoms with Crippen molar-refractivity contribution in [2.75, 3.05) is 0 Å². The molecule has 2 aromatic rings. The summed E-state index contributed by atoms with van der Waals surface area (Å²) in [5.41, 5.74) is 7.17. The lowest BCUT2D eigenvalue weighted by Crippen LogP contribution is -2.13. The lowest BCUT2D eigenvalue weighted by atomic mass is 10.0. The molecule has 0 aliphatic carbocycles. The molecule has 0 saturated heterocycles. The second-order valence-corrected chi connectivity index (χ2v) is 3.67. The first-order chi connectivity index (χ1) is 7.70. The lowest BCUT2D eigenvalue weighted by molar-refractivity contribution is 0.624. The molecular weight excluding hydrogens is 229 g/mol. The zero-order chi connectivity index (χ0) is 11.5. The van der Waals surface area contributed by atoms with Crippen LogP contribution >= 0.6 is 11.6 Å². The molecule has 0 amide bonds. The fourth-order valence-electron chi connectivity index (χ4n) is 1.41. The van der Waals surface area contributed by atoms with Crippen LogP contribution in [0.15, 0.2) is 36.9 Å².